The van der Waals surface area contributed by atoms with Crippen LogP contribution >= 0.6 is 22.6 Å². The molecule has 9 heteroatoms. The predicted octanol–water partition coefficient (Wildman–Crippen LogP) is 9.12. The van der Waals surface area contributed by atoms with E-state index in [1.165, 1.54) is 22.9 Å². The summed E-state index contributed by atoms with van der Waals surface area (Å²) in [6.07, 6.45) is 3.34. The second-order valence-electron chi connectivity index (χ2n) is 14.0. The van der Waals surface area contributed by atoms with Crippen molar-refractivity contribution in [2.24, 2.45) is 0 Å². The first-order valence-corrected chi connectivity index (χ1v) is 19.5. The number of anilines is 2. The average molecular weight is 830 g/mol. The molecule has 3 aliphatic heterocycles. The van der Waals surface area contributed by atoms with Crippen LogP contribution in [0.3, 0.4) is 0 Å². The third-order valence-corrected chi connectivity index (χ3v) is 11.3. The second kappa shape index (κ2) is 15.1. The zero-order valence-electron chi connectivity index (χ0n) is 30.2. The predicted molar refractivity (Wildman–Crippen MR) is 219 cm³/mol. The summed E-state index contributed by atoms with van der Waals surface area (Å²) in [5.74, 6) is -0.191. The van der Waals surface area contributed by atoms with Gasteiger partial charge in [-0.15, -0.1) is 0 Å². The van der Waals surface area contributed by atoms with Gasteiger partial charge in [-0.05, 0) is 113 Å². The second-order valence-corrected chi connectivity index (χ2v) is 15.1. The molecule has 1 N–H and O–H groups in total. The summed E-state index contributed by atoms with van der Waals surface area (Å²) >= 11 is 2.18. The topological polar surface area (TPSA) is 88.2 Å². The van der Waals surface area contributed by atoms with Gasteiger partial charge < -0.3 is 14.4 Å². The van der Waals surface area contributed by atoms with Gasteiger partial charge in [0.25, 0.3) is 11.8 Å². The zero-order chi connectivity index (χ0) is 37.3. The number of halogens is 1. The van der Waals surface area contributed by atoms with Crippen LogP contribution in [0.5, 0.6) is 11.5 Å². The molecule has 3 aliphatic rings. The molecule has 1 fully saturated rings. The SMILES string of the molecule is CCOc1cc(/C=C2\C(=O)NC(=O)N(c3cc4c5c(c3)[C@H](c3ccccc3)CCN5CC[C@H]4c3ccccc3)C2=O)cc(I)c1OCc1cccc(C)c1. The molecule has 0 bridgehead atoms. The van der Waals surface area contributed by atoms with Crippen LogP contribution in [-0.2, 0) is 16.2 Å². The summed E-state index contributed by atoms with van der Waals surface area (Å²) in [7, 11) is 0. The molecule has 54 heavy (non-hydrogen) atoms. The summed E-state index contributed by atoms with van der Waals surface area (Å²) in [6.45, 7) is 6.51. The smallest absolute Gasteiger partial charge is 0.335 e. The number of carbonyl (C=O) groups excluding carboxylic acids is 3. The number of hydrogen-bond acceptors (Lipinski definition) is 6. The number of aryl methyl sites for hydroxylation is 1. The van der Waals surface area contributed by atoms with Crippen molar-refractivity contribution in [3.8, 4) is 11.5 Å². The third kappa shape index (κ3) is 6.88. The van der Waals surface area contributed by atoms with E-state index in [-0.39, 0.29) is 17.4 Å². The zero-order valence-corrected chi connectivity index (χ0v) is 32.3. The Labute approximate surface area is 328 Å². The van der Waals surface area contributed by atoms with E-state index in [0.29, 0.717) is 36.0 Å². The van der Waals surface area contributed by atoms with Gasteiger partial charge in [-0.3, -0.25) is 14.9 Å². The number of imide groups is 2. The van der Waals surface area contributed by atoms with Gasteiger partial charge >= 0.3 is 6.03 Å². The average Bonchev–Trinajstić information content (AvgIpc) is 3.17. The molecule has 272 valence electrons. The quantitative estimate of drug-likeness (QED) is 0.0907. The fourth-order valence-corrected chi connectivity index (χ4v) is 8.84. The number of carbonyl (C=O) groups is 3. The number of nitrogens with zero attached hydrogens (tertiary/aromatic N) is 2. The summed E-state index contributed by atoms with van der Waals surface area (Å²) in [6, 6.07) is 35.7. The maximum Gasteiger partial charge on any atom is 0.335 e. The van der Waals surface area contributed by atoms with E-state index in [4.69, 9.17) is 9.47 Å². The van der Waals surface area contributed by atoms with Gasteiger partial charge in [-0.2, -0.15) is 0 Å². The fraction of sp³-hybridized carbons (Fsp3) is 0.222. The molecule has 4 amide bonds. The van der Waals surface area contributed by atoms with Crippen molar-refractivity contribution in [3.05, 3.63) is 157 Å². The molecule has 0 aliphatic carbocycles. The van der Waals surface area contributed by atoms with Crippen LogP contribution in [0, 0.1) is 10.5 Å². The minimum absolute atomic E-state index is 0.0796. The number of rotatable bonds is 9. The lowest BCUT2D eigenvalue weighted by Crippen LogP contribution is -2.54. The molecule has 0 unspecified atom stereocenters. The van der Waals surface area contributed by atoms with Crippen LogP contribution in [0.1, 0.15) is 70.5 Å². The van der Waals surface area contributed by atoms with Gasteiger partial charge in [0.2, 0.25) is 0 Å². The normalized spacial score (nSPS) is 18.7. The Morgan fingerprint density at radius 1 is 0.796 bits per heavy atom. The number of benzene rings is 5. The lowest BCUT2D eigenvalue weighted by atomic mass is 9.76. The Hall–Kier alpha value is -5.42. The Kier molecular flexibility index (Phi) is 9.98. The summed E-state index contributed by atoms with van der Waals surface area (Å²) < 4.78 is 13.0. The summed E-state index contributed by atoms with van der Waals surface area (Å²) in [4.78, 5) is 45.2. The maximum absolute atomic E-state index is 14.5. The van der Waals surface area contributed by atoms with Crippen molar-refractivity contribution in [1.29, 1.82) is 0 Å². The molecule has 5 aromatic rings. The monoisotopic (exact) mass is 829 g/mol. The van der Waals surface area contributed by atoms with Crippen LogP contribution in [0.15, 0.2) is 115 Å². The molecule has 0 aromatic heterocycles. The van der Waals surface area contributed by atoms with Gasteiger partial charge in [-0.25, -0.2) is 9.69 Å². The Balaban J connectivity index is 1.19. The third-order valence-electron chi connectivity index (χ3n) is 10.5. The van der Waals surface area contributed by atoms with Crippen molar-refractivity contribution in [1.82, 2.24) is 5.32 Å². The Morgan fingerprint density at radius 2 is 1.44 bits per heavy atom. The standard InChI is InChI=1S/C45H40IN3O5/c1-3-53-40-24-30(23-39(46)42(40)54-27-29-12-10-11-28(2)21-29)22-38-43(50)47-45(52)49(44(38)51)33-25-36-34(31-13-6-4-7-14-31)17-19-48-20-18-35(37(26-33)41(36)48)32-15-8-5-9-16-32/h4-16,21-26,34-35H,3,17-20,27H2,1-2H3,(H,47,50,52)/b38-22+/t34-,35-/m0/s1. The van der Waals surface area contributed by atoms with Gasteiger partial charge in [0, 0.05) is 30.6 Å². The largest absolute Gasteiger partial charge is 0.490 e. The Morgan fingerprint density at radius 3 is 2.06 bits per heavy atom. The molecule has 0 spiro atoms. The van der Waals surface area contributed by atoms with Gasteiger partial charge in [-0.1, -0.05) is 90.5 Å². The van der Waals surface area contributed by atoms with E-state index in [9.17, 15) is 14.4 Å². The highest BCUT2D eigenvalue weighted by Crippen LogP contribution is 2.50. The Bertz CT molecular complexity index is 2220. The molecule has 0 saturated carbocycles. The number of nitrogens with one attached hydrogen (secondary N) is 1. The van der Waals surface area contributed by atoms with Crippen molar-refractivity contribution in [2.45, 2.75) is 45.1 Å². The lowest BCUT2D eigenvalue weighted by Gasteiger charge is -2.44. The van der Waals surface area contributed by atoms with Crippen LogP contribution in [-0.4, -0.2) is 37.5 Å². The summed E-state index contributed by atoms with van der Waals surface area (Å²) in [5.41, 5.74) is 8.77. The van der Waals surface area contributed by atoms with Gasteiger partial charge in [0.1, 0.15) is 12.2 Å². The van der Waals surface area contributed by atoms with E-state index >= 15 is 0 Å². The highest BCUT2D eigenvalue weighted by molar-refractivity contribution is 14.1. The van der Waals surface area contributed by atoms with E-state index in [1.54, 1.807) is 6.07 Å². The fourth-order valence-electron chi connectivity index (χ4n) is 8.06. The van der Waals surface area contributed by atoms with Gasteiger partial charge in [0.15, 0.2) is 11.5 Å². The van der Waals surface area contributed by atoms with Crippen molar-refractivity contribution in [2.75, 3.05) is 29.5 Å². The first-order chi connectivity index (χ1) is 26.3. The number of barbiturate groups is 1. The van der Waals surface area contributed by atoms with Crippen molar-refractivity contribution < 1.29 is 23.9 Å². The summed E-state index contributed by atoms with van der Waals surface area (Å²) in [5, 5.41) is 2.45. The molecule has 2 atom stereocenters. The van der Waals surface area contributed by atoms with E-state index < -0.39 is 17.8 Å². The molecular formula is C45H40IN3O5. The van der Waals surface area contributed by atoms with Crippen LogP contribution in [0.2, 0.25) is 0 Å². The number of hydrogen-bond donors (Lipinski definition) is 1. The lowest BCUT2D eigenvalue weighted by molar-refractivity contribution is -0.122. The number of urea groups is 1. The van der Waals surface area contributed by atoms with Gasteiger partial charge in [0.05, 0.1) is 15.9 Å². The van der Waals surface area contributed by atoms with E-state index in [2.05, 4.69) is 87.4 Å². The van der Waals surface area contributed by atoms with E-state index in [0.717, 1.165) is 56.7 Å². The molecule has 5 aromatic carbocycles. The molecule has 0 radical (unpaired) electrons. The van der Waals surface area contributed by atoms with Crippen molar-refractivity contribution in [3.63, 3.8) is 0 Å². The molecule has 1 saturated heterocycles. The highest BCUT2D eigenvalue weighted by atomic mass is 127. The first kappa shape index (κ1) is 35.6. The minimum atomic E-state index is -0.769. The molecule has 3 heterocycles. The highest BCUT2D eigenvalue weighted by Gasteiger charge is 2.40. The van der Waals surface area contributed by atoms with Crippen LogP contribution in [0.25, 0.3) is 6.08 Å². The van der Waals surface area contributed by atoms with E-state index in [1.807, 2.05) is 62.4 Å². The number of amides is 4. The van der Waals surface area contributed by atoms with Crippen LogP contribution in [0.4, 0.5) is 16.2 Å². The minimum Gasteiger partial charge on any atom is -0.490 e. The molecular weight excluding hydrogens is 789 g/mol. The van der Waals surface area contributed by atoms with Crippen LogP contribution < -0.4 is 24.6 Å². The number of ether oxygens (including phenoxy) is 2. The van der Waals surface area contributed by atoms with Crippen molar-refractivity contribution >= 4 is 57.9 Å². The first-order valence-electron chi connectivity index (χ1n) is 18.4. The maximum atomic E-state index is 14.5. The molecule has 8 rings (SSSR count). The molecule has 8 nitrogen and oxygen atoms in total.